The first-order chi connectivity index (χ1) is 13.1. The fraction of sp³-hybridized carbons (Fsp3) is 0.0476. The van der Waals surface area contributed by atoms with E-state index in [0.717, 1.165) is 11.1 Å². The minimum Gasteiger partial charge on any atom is -0.508 e. The highest BCUT2D eigenvalue weighted by Crippen LogP contribution is 2.56. The van der Waals surface area contributed by atoms with Gasteiger partial charge in [-0.3, -0.25) is 0 Å². The van der Waals surface area contributed by atoms with Crippen LogP contribution in [0.2, 0.25) is 0 Å². The van der Waals surface area contributed by atoms with Gasteiger partial charge < -0.3 is 14.9 Å². The number of benzene rings is 3. The third-order valence-corrected chi connectivity index (χ3v) is 5.99. The maximum Gasteiger partial charge on any atom is 0.340 e. The fourth-order valence-electron chi connectivity index (χ4n) is 3.45. The molecule has 0 radical (unpaired) electrons. The number of thioether (sulfide) groups is 1. The molecule has 2 N–H and O–H groups in total. The smallest absolute Gasteiger partial charge is 0.340 e. The van der Waals surface area contributed by atoms with Crippen LogP contribution >= 0.6 is 11.8 Å². The molecule has 27 heavy (non-hydrogen) atoms. The van der Waals surface area contributed by atoms with Crippen molar-refractivity contribution in [2.24, 2.45) is 4.99 Å². The number of rotatable bonds is 1. The van der Waals surface area contributed by atoms with E-state index >= 15 is 0 Å². The second kappa shape index (κ2) is 5.62. The highest BCUT2D eigenvalue weighted by Gasteiger charge is 2.51. The van der Waals surface area contributed by atoms with Gasteiger partial charge >= 0.3 is 5.97 Å². The highest BCUT2D eigenvalue weighted by molar-refractivity contribution is 8.15. The van der Waals surface area contributed by atoms with E-state index in [0.29, 0.717) is 21.9 Å². The summed E-state index contributed by atoms with van der Waals surface area (Å²) < 4.78 is 5.91. The molecule has 0 saturated heterocycles. The highest BCUT2D eigenvalue weighted by atomic mass is 32.2. The van der Waals surface area contributed by atoms with Crippen LogP contribution in [0.3, 0.4) is 0 Å². The van der Waals surface area contributed by atoms with Gasteiger partial charge in [-0.15, -0.1) is 0 Å². The first-order valence-corrected chi connectivity index (χ1v) is 9.12. The first kappa shape index (κ1) is 16.0. The summed E-state index contributed by atoms with van der Waals surface area (Å²) in [5.41, 5.74) is 3.21. The summed E-state index contributed by atoms with van der Waals surface area (Å²) in [6.45, 7) is 0. The normalized spacial score (nSPS) is 20.0. The van der Waals surface area contributed by atoms with Crippen molar-refractivity contribution in [1.29, 1.82) is 0 Å². The molecular weight excluding hydrogens is 362 g/mol. The molecule has 3 aromatic rings. The Bertz CT molecular complexity index is 1140. The number of ether oxygens (including phenoxy) is 1. The molecule has 2 aliphatic rings. The number of esters is 1. The van der Waals surface area contributed by atoms with Crippen molar-refractivity contribution in [3.63, 3.8) is 0 Å². The van der Waals surface area contributed by atoms with Gasteiger partial charge in [-0.2, -0.15) is 0 Å². The van der Waals surface area contributed by atoms with Crippen LogP contribution < -0.4 is 0 Å². The molecule has 0 bridgehead atoms. The Morgan fingerprint density at radius 2 is 1.63 bits per heavy atom. The van der Waals surface area contributed by atoms with Crippen molar-refractivity contribution < 1.29 is 19.7 Å². The van der Waals surface area contributed by atoms with Crippen LogP contribution in [-0.4, -0.2) is 21.2 Å². The topological polar surface area (TPSA) is 79.1 Å². The van der Waals surface area contributed by atoms with Crippen LogP contribution in [0.15, 0.2) is 71.7 Å². The van der Waals surface area contributed by atoms with E-state index in [4.69, 9.17) is 4.74 Å². The van der Waals surface area contributed by atoms with Crippen molar-refractivity contribution in [2.45, 2.75) is 4.93 Å². The number of carbonyl (C=O) groups is 1. The Hall–Kier alpha value is -3.25. The SMILES string of the molecule is O=C1OC2(SC(c3ccc(O)cc3O)=Nc3ccccc32)c2ccccc21. The van der Waals surface area contributed by atoms with Crippen molar-refractivity contribution in [3.05, 3.63) is 89.0 Å². The second-order valence-electron chi connectivity index (χ2n) is 6.29. The zero-order valence-corrected chi connectivity index (χ0v) is 14.7. The minimum absolute atomic E-state index is 0.0367. The van der Waals surface area contributed by atoms with Gasteiger partial charge in [0.1, 0.15) is 16.5 Å². The fourth-order valence-corrected chi connectivity index (χ4v) is 4.84. The number of para-hydroxylation sites is 1. The van der Waals surface area contributed by atoms with E-state index in [9.17, 15) is 15.0 Å². The number of carbonyl (C=O) groups excluding carboxylic acids is 1. The van der Waals surface area contributed by atoms with E-state index in [-0.39, 0.29) is 17.5 Å². The maximum atomic E-state index is 12.5. The Balaban J connectivity index is 1.76. The zero-order chi connectivity index (χ0) is 18.6. The Kier molecular flexibility index (Phi) is 3.32. The average Bonchev–Trinajstić information content (AvgIpc) is 2.94. The molecular formula is C21H13NO4S. The van der Waals surface area contributed by atoms with E-state index in [1.165, 1.54) is 23.9 Å². The van der Waals surface area contributed by atoms with Crippen LogP contribution in [0.4, 0.5) is 5.69 Å². The van der Waals surface area contributed by atoms with Crippen LogP contribution in [0.1, 0.15) is 27.0 Å². The first-order valence-electron chi connectivity index (χ1n) is 8.31. The van der Waals surface area contributed by atoms with Gasteiger partial charge in [0.25, 0.3) is 0 Å². The molecule has 0 fully saturated rings. The predicted octanol–water partition coefficient (Wildman–Crippen LogP) is 4.29. The molecule has 2 aliphatic heterocycles. The van der Waals surface area contributed by atoms with Crippen LogP contribution in [-0.2, 0) is 9.67 Å². The van der Waals surface area contributed by atoms with Gasteiger partial charge in [-0.1, -0.05) is 36.4 Å². The molecule has 0 saturated carbocycles. The molecule has 1 atom stereocenters. The van der Waals surface area contributed by atoms with Crippen LogP contribution in [0.25, 0.3) is 0 Å². The molecule has 6 heteroatoms. The maximum absolute atomic E-state index is 12.5. The molecule has 2 heterocycles. The van der Waals surface area contributed by atoms with Gasteiger partial charge in [-0.25, -0.2) is 9.79 Å². The number of fused-ring (bicyclic) bond motifs is 4. The van der Waals surface area contributed by atoms with E-state index in [1.54, 1.807) is 18.2 Å². The van der Waals surface area contributed by atoms with Gasteiger partial charge in [0.05, 0.1) is 11.3 Å². The standard InChI is InChI=1S/C21H13NO4S/c23-12-9-10-14(18(24)11-12)19-22-17-8-4-3-7-16(17)21(27-19)15-6-2-1-5-13(15)20(25)26-21/h1-11,23-24H. The van der Waals surface area contributed by atoms with Crippen molar-refractivity contribution in [2.75, 3.05) is 0 Å². The molecule has 0 amide bonds. The van der Waals surface area contributed by atoms with Crippen LogP contribution in [0.5, 0.6) is 11.5 Å². The van der Waals surface area contributed by atoms with Crippen molar-refractivity contribution >= 4 is 28.5 Å². The molecule has 3 aromatic carbocycles. The number of hydrogen-bond donors (Lipinski definition) is 2. The third-order valence-electron chi connectivity index (χ3n) is 4.67. The van der Waals surface area contributed by atoms with Gasteiger partial charge in [-0.05, 0) is 36.0 Å². The number of phenols is 2. The summed E-state index contributed by atoms with van der Waals surface area (Å²) in [6, 6.07) is 19.1. The van der Waals surface area contributed by atoms with Crippen molar-refractivity contribution in [1.82, 2.24) is 0 Å². The summed E-state index contributed by atoms with van der Waals surface area (Å²) in [5, 5.41) is 20.4. The Morgan fingerprint density at radius 1 is 0.889 bits per heavy atom. The quantitative estimate of drug-likeness (QED) is 0.620. The van der Waals surface area contributed by atoms with Gasteiger partial charge in [0.15, 0.2) is 0 Å². The molecule has 5 rings (SSSR count). The molecule has 1 unspecified atom stereocenters. The predicted molar refractivity (Wildman–Crippen MR) is 103 cm³/mol. The number of aliphatic imine (C=N–C) groups is 1. The average molecular weight is 375 g/mol. The summed E-state index contributed by atoms with van der Waals surface area (Å²) >= 11 is 1.27. The molecule has 0 aliphatic carbocycles. The lowest BCUT2D eigenvalue weighted by molar-refractivity contribution is 0.0387. The van der Waals surface area contributed by atoms with Crippen LogP contribution in [0, 0.1) is 0 Å². The lowest BCUT2D eigenvalue weighted by Crippen LogP contribution is -2.28. The lowest BCUT2D eigenvalue weighted by atomic mass is 9.97. The van der Waals surface area contributed by atoms with E-state index < -0.39 is 4.93 Å². The monoisotopic (exact) mass is 375 g/mol. The molecule has 132 valence electrons. The summed E-state index contributed by atoms with van der Waals surface area (Å²) in [4.78, 5) is 16.2. The largest absolute Gasteiger partial charge is 0.508 e. The van der Waals surface area contributed by atoms with Gasteiger partial charge in [0, 0.05) is 22.8 Å². The molecule has 5 nitrogen and oxygen atoms in total. The Labute approximate surface area is 159 Å². The number of phenolic OH excluding ortho intramolecular Hbond substituents is 2. The van der Waals surface area contributed by atoms with Gasteiger partial charge in [0.2, 0.25) is 4.93 Å². The summed E-state index contributed by atoms with van der Waals surface area (Å²) in [6.07, 6.45) is 0. The number of hydrogen-bond acceptors (Lipinski definition) is 6. The number of nitrogens with zero attached hydrogens (tertiary/aromatic N) is 1. The molecule has 0 aromatic heterocycles. The third kappa shape index (κ3) is 2.27. The number of aromatic hydroxyl groups is 2. The summed E-state index contributed by atoms with van der Waals surface area (Å²) in [7, 11) is 0. The van der Waals surface area contributed by atoms with Crippen molar-refractivity contribution in [3.8, 4) is 11.5 Å². The lowest BCUT2D eigenvalue weighted by Gasteiger charge is -2.33. The summed E-state index contributed by atoms with van der Waals surface area (Å²) in [5.74, 6) is -0.511. The Morgan fingerprint density at radius 3 is 2.44 bits per heavy atom. The zero-order valence-electron chi connectivity index (χ0n) is 13.9. The second-order valence-corrected chi connectivity index (χ2v) is 7.46. The van der Waals surface area contributed by atoms with E-state index in [1.807, 2.05) is 36.4 Å². The minimum atomic E-state index is -1.06. The molecule has 1 spiro atoms. The van der Waals surface area contributed by atoms with E-state index in [2.05, 4.69) is 4.99 Å².